The number of nitrogens with zero attached hydrogens (tertiary/aromatic N) is 1. The molecule has 0 radical (unpaired) electrons. The largest absolute Gasteiger partial charge is 0.466 e. The summed E-state index contributed by atoms with van der Waals surface area (Å²) in [6.07, 6.45) is 5.00. The molecule has 27 heavy (non-hydrogen) atoms. The monoisotopic (exact) mass is 396 g/mol. The van der Waals surface area contributed by atoms with Crippen LogP contribution in [0.1, 0.15) is 38.2 Å². The van der Waals surface area contributed by atoms with E-state index in [1.807, 2.05) is 6.07 Å². The van der Waals surface area contributed by atoms with Gasteiger partial charge in [0.05, 0.1) is 24.1 Å². The van der Waals surface area contributed by atoms with Gasteiger partial charge in [0.2, 0.25) is 10.0 Å². The summed E-state index contributed by atoms with van der Waals surface area (Å²) < 4.78 is 30.7. The highest BCUT2D eigenvalue weighted by molar-refractivity contribution is 7.89. The lowest BCUT2D eigenvalue weighted by Crippen LogP contribution is -2.36. The van der Waals surface area contributed by atoms with E-state index in [4.69, 9.17) is 4.74 Å². The number of H-pyrrole nitrogens is 1. The van der Waals surface area contributed by atoms with Crippen molar-refractivity contribution in [3.63, 3.8) is 0 Å². The van der Waals surface area contributed by atoms with Crippen molar-refractivity contribution in [1.82, 2.24) is 15.0 Å². The van der Waals surface area contributed by atoms with Crippen molar-refractivity contribution >= 4 is 34.2 Å². The lowest BCUT2D eigenvalue weighted by atomic mass is 9.87. The summed E-state index contributed by atoms with van der Waals surface area (Å²) in [5.41, 5.74) is 1.88. The minimum absolute atomic E-state index is 0.140. The molecule has 1 heterocycles. The highest BCUT2D eigenvalue weighted by Gasteiger charge is 2.27. The SMILES string of the molecule is C=Nc1[nH]ccc1/C(N[C@H]1CC[C@H](CS(=O)(=O)NC)CC1)=C(\C)C(=O)OC. The molecule has 8 nitrogen and oxygen atoms in total. The third kappa shape index (κ3) is 5.43. The second-order valence-electron chi connectivity index (χ2n) is 6.74. The van der Waals surface area contributed by atoms with Crippen molar-refractivity contribution in [2.45, 2.75) is 38.6 Å². The molecule has 0 atom stereocenters. The summed E-state index contributed by atoms with van der Waals surface area (Å²) in [5.74, 6) is 0.465. The first-order valence-corrected chi connectivity index (χ1v) is 10.6. The predicted octanol–water partition coefficient (Wildman–Crippen LogP) is 1.95. The van der Waals surface area contributed by atoms with E-state index in [1.165, 1.54) is 14.2 Å². The molecule has 150 valence electrons. The van der Waals surface area contributed by atoms with E-state index in [2.05, 4.69) is 26.7 Å². The molecule has 1 saturated carbocycles. The van der Waals surface area contributed by atoms with Crippen LogP contribution < -0.4 is 10.0 Å². The lowest BCUT2D eigenvalue weighted by Gasteiger charge is -2.30. The number of carbonyl (C=O) groups is 1. The second-order valence-corrected chi connectivity index (χ2v) is 8.71. The smallest absolute Gasteiger partial charge is 0.335 e. The van der Waals surface area contributed by atoms with E-state index in [9.17, 15) is 13.2 Å². The molecule has 0 aliphatic heterocycles. The number of ether oxygens (including phenoxy) is 1. The van der Waals surface area contributed by atoms with Crippen molar-refractivity contribution in [2.24, 2.45) is 10.9 Å². The number of aliphatic imine (C=N–C) groups is 1. The average Bonchev–Trinajstić information content (AvgIpc) is 3.14. The number of nitrogens with one attached hydrogen (secondary N) is 3. The van der Waals surface area contributed by atoms with Crippen molar-refractivity contribution in [3.8, 4) is 0 Å². The van der Waals surface area contributed by atoms with Gasteiger partial charge in [-0.3, -0.25) is 0 Å². The van der Waals surface area contributed by atoms with Gasteiger partial charge < -0.3 is 15.0 Å². The van der Waals surface area contributed by atoms with Gasteiger partial charge in [0.15, 0.2) is 0 Å². The van der Waals surface area contributed by atoms with Crippen molar-refractivity contribution in [2.75, 3.05) is 19.9 Å². The van der Waals surface area contributed by atoms with Crippen molar-refractivity contribution < 1.29 is 17.9 Å². The summed E-state index contributed by atoms with van der Waals surface area (Å²) in [4.78, 5) is 19.0. The Balaban J connectivity index is 2.14. The van der Waals surface area contributed by atoms with Crippen LogP contribution in [0.4, 0.5) is 5.82 Å². The summed E-state index contributed by atoms with van der Waals surface area (Å²) in [5, 5.41) is 3.45. The maximum Gasteiger partial charge on any atom is 0.335 e. The number of rotatable bonds is 8. The third-order valence-corrected chi connectivity index (χ3v) is 6.51. The zero-order chi connectivity index (χ0) is 20.0. The maximum absolute atomic E-state index is 12.1. The first-order valence-electron chi connectivity index (χ1n) is 8.92. The minimum atomic E-state index is -3.20. The van der Waals surface area contributed by atoms with Gasteiger partial charge in [0, 0.05) is 17.8 Å². The molecular formula is C18H28N4O4S. The van der Waals surface area contributed by atoms with Crippen LogP contribution in [-0.4, -0.2) is 52.0 Å². The fraction of sp³-hybridized carbons (Fsp3) is 0.556. The Morgan fingerprint density at radius 3 is 2.59 bits per heavy atom. The number of hydrogen-bond acceptors (Lipinski definition) is 6. The summed E-state index contributed by atoms with van der Waals surface area (Å²) >= 11 is 0. The quantitative estimate of drug-likeness (QED) is 0.353. The zero-order valence-corrected chi connectivity index (χ0v) is 16.9. The molecule has 0 unspecified atom stereocenters. The molecule has 2 rings (SSSR count). The van der Waals surface area contributed by atoms with Crippen LogP contribution >= 0.6 is 0 Å². The van der Waals surface area contributed by atoms with Crippen molar-refractivity contribution in [1.29, 1.82) is 0 Å². The first kappa shape index (κ1) is 21.2. The Bertz CT molecular complexity index is 805. The molecule has 0 spiro atoms. The van der Waals surface area contributed by atoms with E-state index >= 15 is 0 Å². The van der Waals surface area contributed by atoms with Gasteiger partial charge in [-0.25, -0.2) is 22.9 Å². The van der Waals surface area contributed by atoms with Gasteiger partial charge in [-0.15, -0.1) is 0 Å². The molecule has 1 aliphatic rings. The van der Waals surface area contributed by atoms with Crippen LogP contribution in [0.15, 0.2) is 22.8 Å². The number of carbonyl (C=O) groups excluding carboxylic acids is 1. The summed E-state index contributed by atoms with van der Waals surface area (Å²) in [6.45, 7) is 5.27. The Morgan fingerprint density at radius 1 is 1.37 bits per heavy atom. The molecule has 1 aliphatic carbocycles. The van der Waals surface area contributed by atoms with Crippen LogP contribution in [0.25, 0.3) is 5.70 Å². The Morgan fingerprint density at radius 2 is 2.04 bits per heavy atom. The number of aromatic amines is 1. The van der Waals surface area contributed by atoms with E-state index in [1.54, 1.807) is 13.1 Å². The summed E-state index contributed by atoms with van der Waals surface area (Å²) in [6, 6.07) is 1.98. The molecule has 1 aromatic heterocycles. The number of sulfonamides is 1. The number of methoxy groups -OCH3 is 1. The van der Waals surface area contributed by atoms with E-state index in [0.29, 0.717) is 17.1 Å². The van der Waals surface area contributed by atoms with Gasteiger partial charge in [-0.05, 0) is 58.4 Å². The molecule has 1 aromatic rings. The van der Waals surface area contributed by atoms with Crippen LogP contribution in [-0.2, 0) is 19.6 Å². The highest BCUT2D eigenvalue weighted by Crippen LogP contribution is 2.30. The van der Waals surface area contributed by atoms with Crippen LogP contribution in [0.5, 0.6) is 0 Å². The molecule has 0 aromatic carbocycles. The third-order valence-electron chi connectivity index (χ3n) is 4.98. The zero-order valence-electron chi connectivity index (χ0n) is 16.0. The lowest BCUT2D eigenvalue weighted by molar-refractivity contribution is -0.136. The Hall–Kier alpha value is -2.13. The second kappa shape index (κ2) is 9.18. The molecule has 0 bridgehead atoms. The number of hydrogen-bond donors (Lipinski definition) is 3. The molecular weight excluding hydrogens is 368 g/mol. The van der Waals surface area contributed by atoms with Gasteiger partial charge in [0.1, 0.15) is 5.82 Å². The number of esters is 1. The van der Waals surface area contributed by atoms with E-state index < -0.39 is 16.0 Å². The van der Waals surface area contributed by atoms with Crippen molar-refractivity contribution in [3.05, 3.63) is 23.4 Å². The number of aromatic nitrogens is 1. The molecule has 9 heteroatoms. The highest BCUT2D eigenvalue weighted by atomic mass is 32.2. The van der Waals surface area contributed by atoms with Gasteiger partial charge in [-0.2, -0.15) is 0 Å². The molecule has 0 amide bonds. The normalized spacial score (nSPS) is 21.3. The Labute approximate surface area is 160 Å². The topological polar surface area (TPSA) is 113 Å². The molecule has 3 N–H and O–H groups in total. The van der Waals surface area contributed by atoms with Gasteiger partial charge in [0.25, 0.3) is 0 Å². The first-order chi connectivity index (χ1) is 12.8. The minimum Gasteiger partial charge on any atom is -0.466 e. The van der Waals surface area contributed by atoms with Gasteiger partial charge >= 0.3 is 5.97 Å². The van der Waals surface area contributed by atoms with Crippen LogP contribution in [0.2, 0.25) is 0 Å². The average molecular weight is 397 g/mol. The molecule has 1 fully saturated rings. The Kier molecular flexibility index (Phi) is 7.20. The predicted molar refractivity (Wildman–Crippen MR) is 106 cm³/mol. The van der Waals surface area contributed by atoms with Crippen LogP contribution in [0, 0.1) is 5.92 Å². The fourth-order valence-corrected chi connectivity index (χ4v) is 4.53. The van der Waals surface area contributed by atoms with Crippen LogP contribution in [0.3, 0.4) is 0 Å². The van der Waals surface area contributed by atoms with E-state index in [-0.39, 0.29) is 17.7 Å². The fourth-order valence-electron chi connectivity index (χ4n) is 3.41. The molecule has 0 saturated heterocycles. The summed E-state index contributed by atoms with van der Waals surface area (Å²) in [7, 11) is -0.407. The van der Waals surface area contributed by atoms with Gasteiger partial charge in [-0.1, -0.05) is 0 Å². The standard InChI is InChI=1S/C18H28N4O4S/c1-12(18(23)26-4)16(15-9-10-21-17(15)19-2)22-14-7-5-13(6-8-14)11-27(24,25)20-3/h9-10,13-14,20-22H,2,5-8,11H2,1,3-4H3/b16-12-/t13-,14-. The van der Waals surface area contributed by atoms with E-state index in [0.717, 1.165) is 31.2 Å². The maximum atomic E-state index is 12.1.